The molecule has 1 aliphatic heterocycles. The number of hydrogen-bond donors (Lipinski definition) is 1. The Kier molecular flexibility index (Phi) is 5.25. The monoisotopic (exact) mass is 273 g/mol. The van der Waals surface area contributed by atoms with Gasteiger partial charge in [0.1, 0.15) is 11.8 Å². The first-order valence-electron chi connectivity index (χ1n) is 7.24. The van der Waals surface area contributed by atoms with E-state index in [1.54, 1.807) is 0 Å². The van der Waals surface area contributed by atoms with Gasteiger partial charge in [0.05, 0.1) is 0 Å². The average Bonchev–Trinajstić information content (AvgIpc) is 2.46. The number of nitrogens with zero attached hydrogens (tertiary/aromatic N) is 2. The van der Waals surface area contributed by atoms with Crippen LogP contribution in [0.1, 0.15) is 19.8 Å². The van der Waals surface area contributed by atoms with Crippen molar-refractivity contribution in [2.75, 3.05) is 32.1 Å². The molecule has 0 bridgehead atoms. The first kappa shape index (κ1) is 14.7. The average molecular weight is 273 g/mol. The number of nitriles is 1. The third-order valence-electron chi connectivity index (χ3n) is 4.00. The molecule has 1 saturated heterocycles. The molecule has 0 aromatic heterocycles. The second kappa shape index (κ2) is 7.16. The molecule has 4 heteroatoms. The van der Waals surface area contributed by atoms with Crippen molar-refractivity contribution in [3.63, 3.8) is 0 Å². The first-order valence-corrected chi connectivity index (χ1v) is 7.24. The number of piperidine rings is 1. The van der Waals surface area contributed by atoms with Gasteiger partial charge in [0, 0.05) is 17.8 Å². The molecule has 20 heavy (non-hydrogen) atoms. The van der Waals surface area contributed by atoms with Gasteiger partial charge in [-0.25, -0.2) is 0 Å². The molecular weight excluding hydrogens is 250 g/mol. The third-order valence-corrected chi connectivity index (χ3v) is 4.00. The van der Waals surface area contributed by atoms with Crippen molar-refractivity contribution in [3.8, 4) is 11.8 Å². The molecule has 4 nitrogen and oxygen atoms in total. The lowest BCUT2D eigenvalue weighted by Gasteiger charge is -2.33. The van der Waals surface area contributed by atoms with Gasteiger partial charge in [0.15, 0.2) is 6.61 Å². The van der Waals surface area contributed by atoms with Crippen LogP contribution in [-0.4, -0.2) is 37.7 Å². The lowest BCUT2D eigenvalue weighted by molar-refractivity contribution is 0.208. The number of anilines is 1. The Morgan fingerprint density at radius 3 is 2.90 bits per heavy atom. The van der Waals surface area contributed by atoms with Crippen LogP contribution >= 0.6 is 0 Å². The predicted molar refractivity (Wildman–Crippen MR) is 80.9 cm³/mol. The summed E-state index contributed by atoms with van der Waals surface area (Å²) in [4.78, 5) is 2.39. The SMILES string of the molecule is CC(Nc1cccc(OCC#N)c1)C1CCN(C)CC1. The van der Waals surface area contributed by atoms with E-state index in [1.807, 2.05) is 30.3 Å². The van der Waals surface area contributed by atoms with E-state index in [9.17, 15) is 0 Å². The summed E-state index contributed by atoms with van der Waals surface area (Å²) in [6.07, 6.45) is 2.49. The minimum atomic E-state index is 0.0912. The van der Waals surface area contributed by atoms with Crippen molar-refractivity contribution in [1.82, 2.24) is 4.90 Å². The standard InChI is InChI=1S/C16H23N3O/c1-13(14-6-9-19(2)10-7-14)18-15-4-3-5-16(12-15)20-11-8-17/h3-5,12-14,18H,6-7,9-11H2,1-2H3. The third kappa shape index (κ3) is 4.14. The summed E-state index contributed by atoms with van der Waals surface area (Å²) in [6.45, 7) is 4.71. The van der Waals surface area contributed by atoms with Gasteiger partial charge in [-0.2, -0.15) is 5.26 Å². The van der Waals surface area contributed by atoms with Crippen LogP contribution in [0.5, 0.6) is 5.75 Å². The Labute approximate surface area is 121 Å². The lowest BCUT2D eigenvalue weighted by atomic mass is 9.90. The topological polar surface area (TPSA) is 48.3 Å². The number of ether oxygens (including phenoxy) is 1. The lowest BCUT2D eigenvalue weighted by Crippen LogP contribution is -2.37. The predicted octanol–water partition coefficient (Wildman–Crippen LogP) is 2.73. The minimum Gasteiger partial charge on any atom is -0.479 e. The Balaban J connectivity index is 1.90. The number of hydrogen-bond acceptors (Lipinski definition) is 4. The van der Waals surface area contributed by atoms with Crippen LogP contribution in [0.15, 0.2) is 24.3 Å². The van der Waals surface area contributed by atoms with E-state index in [2.05, 4.69) is 24.2 Å². The summed E-state index contributed by atoms with van der Waals surface area (Å²) in [5.41, 5.74) is 1.06. The Hall–Kier alpha value is -1.73. The number of rotatable bonds is 5. The van der Waals surface area contributed by atoms with Crippen LogP contribution in [0.3, 0.4) is 0 Å². The summed E-state index contributed by atoms with van der Waals surface area (Å²) in [7, 11) is 2.18. The Morgan fingerprint density at radius 2 is 2.20 bits per heavy atom. The molecule has 0 amide bonds. The van der Waals surface area contributed by atoms with E-state index in [4.69, 9.17) is 10.00 Å². The fourth-order valence-electron chi connectivity index (χ4n) is 2.70. The largest absolute Gasteiger partial charge is 0.479 e. The highest BCUT2D eigenvalue weighted by Crippen LogP contribution is 2.24. The maximum absolute atomic E-state index is 8.54. The maximum atomic E-state index is 8.54. The van der Waals surface area contributed by atoms with Crippen LogP contribution in [0.25, 0.3) is 0 Å². The fraction of sp³-hybridized carbons (Fsp3) is 0.562. The first-order chi connectivity index (χ1) is 9.69. The fourth-order valence-corrected chi connectivity index (χ4v) is 2.70. The van der Waals surface area contributed by atoms with Crippen LogP contribution < -0.4 is 10.1 Å². The number of likely N-dealkylation sites (tertiary alicyclic amines) is 1. The van der Waals surface area contributed by atoms with Crippen LogP contribution in [-0.2, 0) is 0 Å². The minimum absolute atomic E-state index is 0.0912. The smallest absolute Gasteiger partial charge is 0.174 e. The van der Waals surface area contributed by atoms with Crippen molar-refractivity contribution < 1.29 is 4.74 Å². The van der Waals surface area contributed by atoms with Gasteiger partial charge < -0.3 is 15.0 Å². The van der Waals surface area contributed by atoms with E-state index in [0.29, 0.717) is 6.04 Å². The van der Waals surface area contributed by atoms with Gasteiger partial charge in [-0.05, 0) is 58.0 Å². The van der Waals surface area contributed by atoms with E-state index in [1.165, 1.54) is 25.9 Å². The molecule has 1 aliphatic rings. The zero-order valence-corrected chi connectivity index (χ0v) is 12.3. The molecule has 0 radical (unpaired) electrons. The van der Waals surface area contributed by atoms with E-state index in [-0.39, 0.29) is 6.61 Å². The van der Waals surface area contributed by atoms with Gasteiger partial charge >= 0.3 is 0 Å². The number of benzene rings is 1. The molecule has 1 aromatic rings. The zero-order valence-electron chi connectivity index (χ0n) is 12.3. The zero-order chi connectivity index (χ0) is 14.4. The van der Waals surface area contributed by atoms with Gasteiger partial charge in [-0.3, -0.25) is 0 Å². The summed E-state index contributed by atoms with van der Waals surface area (Å²) in [6, 6.07) is 10.3. The summed E-state index contributed by atoms with van der Waals surface area (Å²) in [5, 5.41) is 12.1. The van der Waals surface area contributed by atoms with Gasteiger partial charge in [0.2, 0.25) is 0 Å². The van der Waals surface area contributed by atoms with Crippen LogP contribution in [0.2, 0.25) is 0 Å². The van der Waals surface area contributed by atoms with Crippen molar-refractivity contribution in [3.05, 3.63) is 24.3 Å². The van der Waals surface area contributed by atoms with Crippen LogP contribution in [0, 0.1) is 17.2 Å². The molecule has 1 aromatic carbocycles. The molecule has 1 unspecified atom stereocenters. The van der Waals surface area contributed by atoms with Crippen molar-refractivity contribution in [2.45, 2.75) is 25.8 Å². The second-order valence-corrected chi connectivity index (χ2v) is 5.55. The van der Waals surface area contributed by atoms with Crippen molar-refractivity contribution in [1.29, 1.82) is 5.26 Å². The summed E-state index contributed by atoms with van der Waals surface area (Å²) < 4.78 is 5.33. The quantitative estimate of drug-likeness (QED) is 0.896. The van der Waals surface area contributed by atoms with E-state index in [0.717, 1.165) is 17.4 Å². The normalized spacial score (nSPS) is 18.2. The highest BCUT2D eigenvalue weighted by atomic mass is 16.5. The molecule has 108 valence electrons. The molecule has 0 saturated carbocycles. The van der Waals surface area contributed by atoms with Crippen molar-refractivity contribution in [2.24, 2.45) is 5.92 Å². The van der Waals surface area contributed by atoms with Crippen molar-refractivity contribution >= 4 is 5.69 Å². The van der Waals surface area contributed by atoms with E-state index >= 15 is 0 Å². The molecule has 1 heterocycles. The number of nitrogens with one attached hydrogen (secondary N) is 1. The summed E-state index contributed by atoms with van der Waals surface area (Å²) in [5.74, 6) is 1.46. The Morgan fingerprint density at radius 1 is 1.45 bits per heavy atom. The molecule has 2 rings (SSSR count). The highest BCUT2D eigenvalue weighted by Gasteiger charge is 2.22. The second-order valence-electron chi connectivity index (χ2n) is 5.55. The Bertz CT molecular complexity index is 461. The molecular formula is C16H23N3O. The molecule has 0 aliphatic carbocycles. The van der Waals surface area contributed by atoms with Gasteiger partial charge in [-0.15, -0.1) is 0 Å². The van der Waals surface area contributed by atoms with Crippen LogP contribution in [0.4, 0.5) is 5.69 Å². The molecule has 1 N–H and O–H groups in total. The van der Waals surface area contributed by atoms with Gasteiger partial charge in [0.25, 0.3) is 0 Å². The molecule has 0 spiro atoms. The molecule has 1 atom stereocenters. The molecule has 1 fully saturated rings. The maximum Gasteiger partial charge on any atom is 0.174 e. The summed E-state index contributed by atoms with van der Waals surface area (Å²) >= 11 is 0. The van der Waals surface area contributed by atoms with Gasteiger partial charge in [-0.1, -0.05) is 6.07 Å². The highest BCUT2D eigenvalue weighted by molar-refractivity contribution is 5.48. The van der Waals surface area contributed by atoms with E-state index < -0.39 is 0 Å².